The number of rotatable bonds is 7. The zero-order valence-corrected chi connectivity index (χ0v) is 15.3. The smallest absolute Gasteiger partial charge is 0.128 e. The van der Waals surface area contributed by atoms with Crippen molar-refractivity contribution in [3.63, 3.8) is 0 Å². The molecule has 0 fully saturated rings. The van der Waals surface area contributed by atoms with Crippen LogP contribution in [0.25, 0.3) is 10.9 Å². The maximum atomic E-state index is 10.5. The lowest BCUT2D eigenvalue weighted by atomic mass is 9.91. The molecular weight excluding hydrogens is 332 g/mol. The lowest BCUT2D eigenvalue weighted by Gasteiger charge is -2.17. The quantitative estimate of drug-likeness (QED) is 0.465. The number of aliphatic hydroxyl groups is 1. The minimum absolute atomic E-state index is 0.269. The van der Waals surface area contributed by atoms with Crippen molar-refractivity contribution in [2.75, 3.05) is 13.1 Å². The van der Waals surface area contributed by atoms with Gasteiger partial charge in [-0.15, -0.1) is 0 Å². The molecule has 3 nitrogen and oxygen atoms in total. The average Bonchev–Trinajstić information content (AvgIpc) is 3.16. The second kappa shape index (κ2) is 8.21. The monoisotopic (exact) mass is 357 g/mol. The van der Waals surface area contributed by atoms with E-state index in [1.165, 1.54) is 16.5 Å². The lowest BCUT2D eigenvalue weighted by Crippen LogP contribution is -2.86. The molecule has 0 aliphatic carbocycles. The Morgan fingerprint density at radius 2 is 1.37 bits per heavy atom. The van der Waals surface area contributed by atoms with Crippen molar-refractivity contribution in [1.29, 1.82) is 0 Å². The molecule has 27 heavy (non-hydrogen) atoms. The maximum absolute atomic E-state index is 10.5. The van der Waals surface area contributed by atoms with Gasteiger partial charge < -0.3 is 15.4 Å². The third-order valence-corrected chi connectivity index (χ3v) is 5.18. The summed E-state index contributed by atoms with van der Waals surface area (Å²) in [7, 11) is 0. The molecule has 4 aromatic rings. The zero-order valence-electron chi connectivity index (χ0n) is 15.3. The molecule has 0 aliphatic rings. The van der Waals surface area contributed by atoms with Crippen LogP contribution in [0.4, 0.5) is 0 Å². The van der Waals surface area contributed by atoms with Crippen LogP contribution in [0.3, 0.4) is 0 Å². The molecule has 0 saturated heterocycles. The largest absolute Gasteiger partial charge is 0.382 e. The van der Waals surface area contributed by atoms with Crippen molar-refractivity contribution in [2.45, 2.75) is 12.0 Å². The molecule has 136 valence electrons. The normalized spacial score (nSPS) is 13.5. The van der Waals surface area contributed by atoms with Crippen LogP contribution >= 0.6 is 0 Å². The molecule has 0 unspecified atom stereocenters. The van der Waals surface area contributed by atoms with Gasteiger partial charge in [-0.05, 0) is 22.8 Å². The Morgan fingerprint density at radius 1 is 0.741 bits per heavy atom. The van der Waals surface area contributed by atoms with Gasteiger partial charge in [-0.25, -0.2) is 0 Å². The van der Waals surface area contributed by atoms with E-state index < -0.39 is 6.10 Å². The van der Waals surface area contributed by atoms with Gasteiger partial charge in [-0.3, -0.25) is 0 Å². The molecule has 0 amide bonds. The van der Waals surface area contributed by atoms with E-state index in [4.69, 9.17) is 0 Å². The predicted molar refractivity (Wildman–Crippen MR) is 110 cm³/mol. The molecule has 0 bridgehead atoms. The van der Waals surface area contributed by atoms with Gasteiger partial charge in [0.25, 0.3) is 0 Å². The van der Waals surface area contributed by atoms with E-state index in [9.17, 15) is 5.11 Å². The Morgan fingerprint density at radius 3 is 2.11 bits per heavy atom. The molecular formula is C24H25N2O+. The number of para-hydroxylation sites is 1. The summed E-state index contributed by atoms with van der Waals surface area (Å²) in [4.78, 5) is 3.40. The summed E-state index contributed by atoms with van der Waals surface area (Å²) in [6, 6.07) is 28.9. The standard InChI is InChI=1S/C24H24N2O/c27-24(19-11-5-2-6-12-19)17-25-15-21(18-9-3-1-4-10-18)22-16-26-23-14-8-7-13-20(22)23/h1-14,16,21,24-27H,15,17H2/p+1/t21-,24-/m0/s1. The van der Waals surface area contributed by atoms with Crippen LogP contribution in [-0.2, 0) is 0 Å². The van der Waals surface area contributed by atoms with E-state index in [0.717, 1.165) is 17.6 Å². The Kier molecular flexibility index (Phi) is 5.33. The fourth-order valence-corrected chi connectivity index (χ4v) is 3.74. The van der Waals surface area contributed by atoms with Crippen LogP contribution in [0.5, 0.6) is 0 Å². The number of aliphatic hydroxyl groups excluding tert-OH is 1. The first-order valence-electron chi connectivity index (χ1n) is 9.48. The molecule has 1 heterocycles. The molecule has 0 aliphatic heterocycles. The van der Waals surface area contributed by atoms with Crippen molar-refractivity contribution in [2.24, 2.45) is 0 Å². The highest BCUT2D eigenvalue weighted by molar-refractivity contribution is 5.84. The van der Waals surface area contributed by atoms with E-state index in [0.29, 0.717) is 6.54 Å². The van der Waals surface area contributed by atoms with Crippen molar-refractivity contribution >= 4 is 10.9 Å². The van der Waals surface area contributed by atoms with Crippen LogP contribution in [0.2, 0.25) is 0 Å². The molecule has 3 heteroatoms. The SMILES string of the molecule is O[C@@H](C[NH2+]C[C@@H](c1ccccc1)c1c[nH]c2ccccc12)c1ccccc1. The van der Waals surface area contributed by atoms with Crippen molar-refractivity contribution < 1.29 is 10.4 Å². The van der Waals surface area contributed by atoms with E-state index in [2.05, 4.69) is 71.1 Å². The number of aromatic nitrogens is 1. The fraction of sp³-hybridized carbons (Fsp3) is 0.167. The topological polar surface area (TPSA) is 52.6 Å². The van der Waals surface area contributed by atoms with E-state index in [1.54, 1.807) is 0 Å². The number of H-pyrrole nitrogens is 1. The Bertz CT molecular complexity index is 979. The van der Waals surface area contributed by atoms with Gasteiger partial charge in [0, 0.05) is 17.1 Å². The number of quaternary nitrogens is 1. The molecule has 4 rings (SSSR count). The van der Waals surface area contributed by atoms with Gasteiger partial charge >= 0.3 is 0 Å². The van der Waals surface area contributed by atoms with Gasteiger partial charge in [-0.1, -0.05) is 78.9 Å². The summed E-state index contributed by atoms with van der Waals surface area (Å²) >= 11 is 0. The van der Waals surface area contributed by atoms with E-state index in [1.807, 2.05) is 30.3 Å². The molecule has 2 atom stereocenters. The van der Waals surface area contributed by atoms with Crippen LogP contribution in [0, 0.1) is 0 Å². The minimum Gasteiger partial charge on any atom is -0.382 e. The van der Waals surface area contributed by atoms with Crippen molar-refractivity contribution in [1.82, 2.24) is 4.98 Å². The molecule has 4 N–H and O–H groups in total. The highest BCUT2D eigenvalue weighted by atomic mass is 16.3. The second-order valence-corrected chi connectivity index (χ2v) is 6.94. The number of nitrogens with two attached hydrogens (primary N) is 1. The summed E-state index contributed by atoms with van der Waals surface area (Å²) in [6.07, 6.45) is 1.68. The molecule has 0 spiro atoms. The number of nitrogens with one attached hydrogen (secondary N) is 1. The fourth-order valence-electron chi connectivity index (χ4n) is 3.74. The average molecular weight is 357 g/mol. The first kappa shape index (κ1) is 17.5. The van der Waals surface area contributed by atoms with Gasteiger partial charge in [0.2, 0.25) is 0 Å². The number of benzene rings is 3. The van der Waals surface area contributed by atoms with Crippen molar-refractivity contribution in [3.8, 4) is 0 Å². The van der Waals surface area contributed by atoms with E-state index in [-0.39, 0.29) is 5.92 Å². The van der Waals surface area contributed by atoms with Gasteiger partial charge in [0.15, 0.2) is 0 Å². The summed E-state index contributed by atoms with van der Waals surface area (Å²) in [6.45, 7) is 1.53. The molecule has 3 aromatic carbocycles. The Labute approximate surface area is 159 Å². The predicted octanol–water partition coefficient (Wildman–Crippen LogP) is 3.60. The highest BCUT2D eigenvalue weighted by Gasteiger charge is 2.20. The maximum Gasteiger partial charge on any atom is 0.128 e. The second-order valence-electron chi connectivity index (χ2n) is 6.94. The van der Waals surface area contributed by atoms with E-state index >= 15 is 0 Å². The Balaban J connectivity index is 1.54. The van der Waals surface area contributed by atoms with Gasteiger partial charge in [0.1, 0.15) is 12.6 Å². The lowest BCUT2D eigenvalue weighted by molar-refractivity contribution is -0.663. The highest BCUT2D eigenvalue weighted by Crippen LogP contribution is 2.29. The number of aromatic amines is 1. The number of hydrogen-bond donors (Lipinski definition) is 3. The first-order chi connectivity index (χ1) is 13.3. The number of fused-ring (bicyclic) bond motifs is 1. The summed E-state index contributed by atoms with van der Waals surface area (Å²) in [5, 5.41) is 14.0. The molecule has 0 radical (unpaired) electrons. The van der Waals surface area contributed by atoms with Gasteiger partial charge in [-0.2, -0.15) is 0 Å². The third kappa shape index (κ3) is 3.95. The summed E-state index contributed by atoms with van der Waals surface area (Å²) in [5.41, 5.74) is 4.74. The molecule has 1 aromatic heterocycles. The summed E-state index contributed by atoms with van der Waals surface area (Å²) in [5.74, 6) is 0.269. The van der Waals surface area contributed by atoms with Crippen LogP contribution in [-0.4, -0.2) is 23.2 Å². The zero-order chi connectivity index (χ0) is 18.5. The summed E-state index contributed by atoms with van der Waals surface area (Å²) < 4.78 is 0. The third-order valence-electron chi connectivity index (χ3n) is 5.18. The van der Waals surface area contributed by atoms with Crippen LogP contribution in [0.1, 0.15) is 28.7 Å². The van der Waals surface area contributed by atoms with Crippen LogP contribution < -0.4 is 5.32 Å². The van der Waals surface area contributed by atoms with Gasteiger partial charge in [0.05, 0.1) is 12.5 Å². The Hall–Kier alpha value is -2.88. The van der Waals surface area contributed by atoms with Crippen molar-refractivity contribution in [3.05, 3.63) is 108 Å². The van der Waals surface area contributed by atoms with Crippen LogP contribution in [0.15, 0.2) is 91.1 Å². The number of hydrogen-bond acceptors (Lipinski definition) is 1. The molecule has 0 saturated carbocycles. The minimum atomic E-state index is -0.453. The first-order valence-corrected chi connectivity index (χ1v) is 9.48.